The van der Waals surface area contributed by atoms with Gasteiger partial charge in [-0.3, -0.25) is 0 Å². The van der Waals surface area contributed by atoms with E-state index in [0.29, 0.717) is 22.1 Å². The van der Waals surface area contributed by atoms with Crippen molar-refractivity contribution in [1.82, 2.24) is 10.6 Å². The molecular formula is C22H28N4S2. The molecule has 28 heavy (non-hydrogen) atoms. The van der Waals surface area contributed by atoms with Crippen LogP contribution in [0.5, 0.6) is 0 Å². The molecule has 0 bridgehead atoms. The Morgan fingerprint density at radius 1 is 0.714 bits per heavy atom. The molecule has 4 N–H and O–H groups in total. The zero-order valence-electron chi connectivity index (χ0n) is 16.0. The number of anilines is 2. The summed E-state index contributed by atoms with van der Waals surface area (Å²) in [5.41, 5.74) is 2.04. The van der Waals surface area contributed by atoms with E-state index in [1.807, 2.05) is 60.7 Å². The molecule has 0 unspecified atom stereocenters. The van der Waals surface area contributed by atoms with Gasteiger partial charge in [0.1, 0.15) is 0 Å². The Labute approximate surface area is 178 Å². The van der Waals surface area contributed by atoms with Gasteiger partial charge in [0.2, 0.25) is 0 Å². The lowest BCUT2D eigenvalue weighted by atomic mass is 9.81. The van der Waals surface area contributed by atoms with E-state index in [-0.39, 0.29) is 0 Å². The molecule has 0 aliphatic heterocycles. The van der Waals surface area contributed by atoms with Crippen molar-refractivity contribution >= 4 is 46.0 Å². The third kappa shape index (κ3) is 7.09. The predicted molar refractivity (Wildman–Crippen MR) is 127 cm³/mol. The van der Waals surface area contributed by atoms with Crippen LogP contribution in [0.4, 0.5) is 11.4 Å². The first-order valence-electron chi connectivity index (χ1n) is 9.89. The minimum Gasteiger partial charge on any atom is -0.362 e. The standard InChI is InChI=1S/C22H28N4S2/c27-21(25-19-10-3-1-4-11-19)23-15-17-8-7-9-18(14-17)16-24-22(28)26-20-12-5-2-6-13-20/h1-6,10-13,17-18H,7-9,14-16H2,(H2,23,25,27)(H2,24,26,28)/t17-,18-/m0/s1. The fourth-order valence-electron chi connectivity index (χ4n) is 3.64. The monoisotopic (exact) mass is 412 g/mol. The molecule has 1 aliphatic carbocycles. The largest absolute Gasteiger partial charge is 0.362 e. The highest BCUT2D eigenvalue weighted by Crippen LogP contribution is 2.28. The molecule has 0 spiro atoms. The van der Waals surface area contributed by atoms with Crippen molar-refractivity contribution in [2.45, 2.75) is 25.7 Å². The van der Waals surface area contributed by atoms with Crippen LogP contribution in [0, 0.1) is 11.8 Å². The minimum absolute atomic E-state index is 0.645. The lowest BCUT2D eigenvalue weighted by Crippen LogP contribution is -2.38. The summed E-state index contributed by atoms with van der Waals surface area (Å²) in [6, 6.07) is 20.1. The van der Waals surface area contributed by atoms with E-state index >= 15 is 0 Å². The summed E-state index contributed by atoms with van der Waals surface area (Å²) in [4.78, 5) is 0. The van der Waals surface area contributed by atoms with Crippen molar-refractivity contribution < 1.29 is 0 Å². The van der Waals surface area contributed by atoms with Crippen LogP contribution in [0.25, 0.3) is 0 Å². The summed E-state index contributed by atoms with van der Waals surface area (Å²) < 4.78 is 0. The second-order valence-electron chi connectivity index (χ2n) is 7.30. The second-order valence-corrected chi connectivity index (χ2v) is 8.12. The fourth-order valence-corrected chi connectivity index (χ4v) is 4.04. The van der Waals surface area contributed by atoms with E-state index in [2.05, 4.69) is 21.3 Å². The van der Waals surface area contributed by atoms with Crippen molar-refractivity contribution in [2.24, 2.45) is 11.8 Å². The number of nitrogens with one attached hydrogen (secondary N) is 4. The first-order chi connectivity index (χ1) is 13.7. The molecule has 1 saturated carbocycles. The van der Waals surface area contributed by atoms with Gasteiger partial charge in [-0.05, 0) is 79.8 Å². The van der Waals surface area contributed by atoms with E-state index in [1.165, 1.54) is 25.7 Å². The lowest BCUT2D eigenvalue weighted by Gasteiger charge is -2.30. The average molecular weight is 413 g/mol. The summed E-state index contributed by atoms with van der Waals surface area (Å²) in [7, 11) is 0. The van der Waals surface area contributed by atoms with Gasteiger partial charge in [0.05, 0.1) is 0 Å². The van der Waals surface area contributed by atoms with Crippen LogP contribution >= 0.6 is 24.4 Å². The van der Waals surface area contributed by atoms with Crippen LogP contribution in [0.3, 0.4) is 0 Å². The Morgan fingerprint density at radius 2 is 1.14 bits per heavy atom. The van der Waals surface area contributed by atoms with Gasteiger partial charge in [-0.2, -0.15) is 0 Å². The zero-order valence-corrected chi connectivity index (χ0v) is 17.6. The molecule has 2 aromatic carbocycles. The summed E-state index contributed by atoms with van der Waals surface area (Å²) in [6.45, 7) is 1.84. The fraction of sp³-hybridized carbons (Fsp3) is 0.364. The minimum atomic E-state index is 0.645. The maximum Gasteiger partial charge on any atom is 0.170 e. The molecular weight excluding hydrogens is 384 g/mol. The van der Waals surface area contributed by atoms with Gasteiger partial charge in [-0.25, -0.2) is 0 Å². The van der Waals surface area contributed by atoms with E-state index in [1.54, 1.807) is 0 Å². The highest BCUT2D eigenvalue weighted by molar-refractivity contribution is 7.80. The van der Waals surface area contributed by atoms with Gasteiger partial charge in [0, 0.05) is 24.5 Å². The molecule has 1 fully saturated rings. The maximum atomic E-state index is 5.42. The molecule has 0 saturated heterocycles. The molecule has 0 radical (unpaired) electrons. The van der Waals surface area contributed by atoms with Gasteiger partial charge < -0.3 is 21.3 Å². The van der Waals surface area contributed by atoms with Crippen molar-refractivity contribution in [2.75, 3.05) is 23.7 Å². The van der Waals surface area contributed by atoms with Crippen molar-refractivity contribution in [3.8, 4) is 0 Å². The topological polar surface area (TPSA) is 48.1 Å². The first kappa shape index (κ1) is 20.6. The average Bonchev–Trinajstić information content (AvgIpc) is 2.73. The molecule has 2 atom stereocenters. The predicted octanol–water partition coefficient (Wildman–Crippen LogP) is 4.77. The van der Waals surface area contributed by atoms with E-state index < -0.39 is 0 Å². The number of thiocarbonyl (C=S) groups is 2. The molecule has 0 aromatic heterocycles. The van der Waals surface area contributed by atoms with Gasteiger partial charge in [0.15, 0.2) is 10.2 Å². The quantitative estimate of drug-likeness (QED) is 0.513. The molecule has 1 aliphatic rings. The van der Waals surface area contributed by atoms with E-state index in [0.717, 1.165) is 24.5 Å². The summed E-state index contributed by atoms with van der Waals surface area (Å²) in [5, 5.41) is 14.6. The highest BCUT2D eigenvalue weighted by atomic mass is 32.1. The number of benzene rings is 2. The van der Waals surface area contributed by atoms with Crippen molar-refractivity contribution in [1.29, 1.82) is 0 Å². The summed E-state index contributed by atoms with van der Waals surface area (Å²) in [6.07, 6.45) is 4.96. The Morgan fingerprint density at radius 3 is 1.57 bits per heavy atom. The Balaban J connectivity index is 1.35. The van der Waals surface area contributed by atoms with Crippen LogP contribution in [0.1, 0.15) is 25.7 Å². The van der Waals surface area contributed by atoms with Crippen LogP contribution in [0.15, 0.2) is 60.7 Å². The molecule has 0 amide bonds. The zero-order chi connectivity index (χ0) is 19.6. The SMILES string of the molecule is S=C(NC[C@H]1CCC[C@H](CNC(=S)Nc2ccccc2)C1)Nc1ccccc1. The number of para-hydroxylation sites is 2. The third-order valence-corrected chi connectivity index (χ3v) is 5.55. The van der Waals surface area contributed by atoms with E-state index in [9.17, 15) is 0 Å². The van der Waals surface area contributed by atoms with Crippen LogP contribution in [-0.4, -0.2) is 23.3 Å². The van der Waals surface area contributed by atoms with Crippen molar-refractivity contribution in [3.05, 3.63) is 60.7 Å². The highest BCUT2D eigenvalue weighted by Gasteiger charge is 2.22. The number of hydrogen-bond donors (Lipinski definition) is 4. The molecule has 0 heterocycles. The molecule has 148 valence electrons. The third-order valence-electron chi connectivity index (χ3n) is 5.06. The van der Waals surface area contributed by atoms with Gasteiger partial charge in [-0.1, -0.05) is 42.8 Å². The normalized spacial score (nSPS) is 18.7. The van der Waals surface area contributed by atoms with Gasteiger partial charge in [0.25, 0.3) is 0 Å². The molecule has 6 heteroatoms. The van der Waals surface area contributed by atoms with Crippen LogP contribution in [-0.2, 0) is 0 Å². The lowest BCUT2D eigenvalue weighted by molar-refractivity contribution is 0.267. The molecule has 4 nitrogen and oxygen atoms in total. The maximum absolute atomic E-state index is 5.42. The second kappa shape index (κ2) is 11.0. The van der Waals surface area contributed by atoms with Crippen LogP contribution in [0.2, 0.25) is 0 Å². The number of hydrogen-bond acceptors (Lipinski definition) is 2. The first-order valence-corrected chi connectivity index (χ1v) is 10.7. The van der Waals surface area contributed by atoms with E-state index in [4.69, 9.17) is 24.4 Å². The smallest absolute Gasteiger partial charge is 0.170 e. The Kier molecular flexibility index (Phi) is 8.06. The Hall–Kier alpha value is -2.18. The summed E-state index contributed by atoms with van der Waals surface area (Å²) in [5.74, 6) is 1.29. The van der Waals surface area contributed by atoms with Crippen LogP contribution < -0.4 is 21.3 Å². The number of rotatable bonds is 6. The van der Waals surface area contributed by atoms with Gasteiger partial charge in [-0.15, -0.1) is 0 Å². The Bertz CT molecular complexity index is 688. The molecule has 3 rings (SSSR count). The summed E-state index contributed by atoms with van der Waals surface area (Å²) >= 11 is 10.8. The van der Waals surface area contributed by atoms with Crippen molar-refractivity contribution in [3.63, 3.8) is 0 Å². The van der Waals surface area contributed by atoms with Gasteiger partial charge >= 0.3 is 0 Å². The molecule has 2 aromatic rings.